The normalized spacial score (nSPS) is 22.8. The van der Waals surface area contributed by atoms with E-state index in [-0.39, 0.29) is 31.5 Å². The van der Waals surface area contributed by atoms with Crippen LogP contribution in [-0.2, 0) is 11.0 Å². The fraction of sp³-hybridized carbons (Fsp3) is 0.500. The zero-order valence-corrected chi connectivity index (χ0v) is 17.2. The molecule has 0 saturated carbocycles. The van der Waals surface area contributed by atoms with Gasteiger partial charge in [0.25, 0.3) is 0 Å². The summed E-state index contributed by atoms with van der Waals surface area (Å²) < 4.78 is 58.9. The number of hydrogen-bond donors (Lipinski definition) is 0. The third-order valence-electron chi connectivity index (χ3n) is 5.94. The topological polar surface area (TPSA) is 69.5 Å². The van der Waals surface area contributed by atoms with Crippen molar-refractivity contribution >= 4 is 16.8 Å². The Morgan fingerprint density at radius 3 is 2.69 bits per heavy atom. The van der Waals surface area contributed by atoms with Gasteiger partial charge in [-0.3, -0.25) is 14.7 Å². The Morgan fingerprint density at radius 1 is 1.25 bits per heavy atom. The summed E-state index contributed by atoms with van der Waals surface area (Å²) in [5.74, 6) is 0.0782. The molecule has 0 spiro atoms. The number of ether oxygens (including phenoxy) is 1. The minimum absolute atomic E-state index is 0.0497. The first-order chi connectivity index (χ1) is 15.2. The van der Waals surface area contributed by atoms with Crippen molar-refractivity contribution in [2.45, 2.75) is 43.8 Å². The number of likely N-dealkylation sites (tertiary alicyclic amines) is 2. The molecule has 0 radical (unpaired) electrons. The number of aromatic nitrogens is 1. The second kappa shape index (κ2) is 8.90. The van der Waals surface area contributed by atoms with E-state index in [2.05, 4.69) is 4.98 Å². The molecular weight excluding hydrogens is 428 g/mol. The van der Waals surface area contributed by atoms with Crippen molar-refractivity contribution < 1.29 is 27.1 Å². The monoisotopic (exact) mass is 450 g/mol. The molecule has 2 atom stereocenters. The number of carbonyl (C=O) groups excluding carboxylic acids is 1. The van der Waals surface area contributed by atoms with E-state index < -0.39 is 24.0 Å². The molecule has 2 aromatic rings. The van der Waals surface area contributed by atoms with E-state index in [0.29, 0.717) is 42.6 Å². The lowest BCUT2D eigenvalue weighted by Gasteiger charge is -2.33. The maximum absolute atomic E-state index is 13.6. The average molecular weight is 450 g/mol. The van der Waals surface area contributed by atoms with E-state index in [0.717, 1.165) is 12.1 Å². The molecule has 4 rings (SSSR count). The Hall–Kier alpha value is -2.93. The van der Waals surface area contributed by atoms with Crippen LogP contribution in [0.5, 0.6) is 5.75 Å². The summed E-state index contributed by atoms with van der Waals surface area (Å²) in [4.78, 5) is 19.8. The Kier molecular flexibility index (Phi) is 6.20. The molecule has 0 N–H and O–H groups in total. The van der Waals surface area contributed by atoms with Crippen LogP contribution in [0.15, 0.2) is 30.5 Å². The van der Waals surface area contributed by atoms with Crippen LogP contribution < -0.4 is 4.74 Å². The standard InChI is InChI=1S/C22H22F4N4O2/c23-15-10-16(11-27)30(12-15)21(31)13-29-7-4-17(5-8-29)32-20-3-6-28-19-2-1-14(9-18(19)20)22(24,25)26/h1-3,6,9,15-17H,4-5,7-8,10,12-13H2/t15-,16-/m0/s1. The quantitative estimate of drug-likeness (QED) is 0.667. The van der Waals surface area contributed by atoms with Gasteiger partial charge in [-0.15, -0.1) is 0 Å². The predicted octanol–water partition coefficient (Wildman–Crippen LogP) is 3.56. The number of benzene rings is 1. The summed E-state index contributed by atoms with van der Waals surface area (Å²) in [6.45, 7) is 1.16. The second-order valence-electron chi connectivity index (χ2n) is 8.16. The van der Waals surface area contributed by atoms with Gasteiger partial charge in [-0.25, -0.2) is 4.39 Å². The van der Waals surface area contributed by atoms with Crippen LogP contribution in [0.4, 0.5) is 17.6 Å². The molecule has 2 saturated heterocycles. The number of nitriles is 1. The van der Waals surface area contributed by atoms with Crippen molar-refractivity contribution in [2.24, 2.45) is 0 Å². The highest BCUT2D eigenvalue weighted by Gasteiger charge is 2.36. The molecule has 32 heavy (non-hydrogen) atoms. The average Bonchev–Trinajstić information content (AvgIpc) is 3.15. The SMILES string of the molecule is N#C[C@@H]1C[C@H](F)CN1C(=O)CN1CCC(Oc2ccnc3ccc(C(F)(F)F)cc23)CC1. The Bertz CT molecular complexity index is 1030. The van der Waals surface area contributed by atoms with Gasteiger partial charge in [0, 0.05) is 31.1 Å². The Labute approximate surface area is 182 Å². The van der Waals surface area contributed by atoms with Crippen LogP contribution in [-0.4, -0.2) is 65.2 Å². The van der Waals surface area contributed by atoms with Crippen LogP contribution in [0.1, 0.15) is 24.8 Å². The van der Waals surface area contributed by atoms with E-state index in [9.17, 15) is 22.4 Å². The molecule has 10 heteroatoms. The van der Waals surface area contributed by atoms with Crippen LogP contribution in [0.2, 0.25) is 0 Å². The van der Waals surface area contributed by atoms with Crippen LogP contribution >= 0.6 is 0 Å². The number of piperidine rings is 1. The number of fused-ring (bicyclic) bond motifs is 1. The highest BCUT2D eigenvalue weighted by molar-refractivity contribution is 5.85. The molecule has 6 nitrogen and oxygen atoms in total. The van der Waals surface area contributed by atoms with Crippen molar-refractivity contribution in [1.29, 1.82) is 5.26 Å². The van der Waals surface area contributed by atoms with Crippen molar-refractivity contribution in [3.63, 3.8) is 0 Å². The minimum Gasteiger partial charge on any atom is -0.490 e. The summed E-state index contributed by atoms with van der Waals surface area (Å²) in [6.07, 6.45) is -3.12. The lowest BCUT2D eigenvalue weighted by molar-refractivity contribution is -0.137. The molecule has 1 aromatic carbocycles. The van der Waals surface area contributed by atoms with Gasteiger partial charge in [-0.05, 0) is 37.1 Å². The number of rotatable bonds is 4. The lowest BCUT2D eigenvalue weighted by atomic mass is 10.1. The number of halogens is 4. The summed E-state index contributed by atoms with van der Waals surface area (Å²) in [7, 11) is 0. The summed E-state index contributed by atoms with van der Waals surface area (Å²) in [5, 5.41) is 9.42. The number of pyridine rings is 1. The highest BCUT2D eigenvalue weighted by Crippen LogP contribution is 2.34. The predicted molar refractivity (Wildman–Crippen MR) is 107 cm³/mol. The third-order valence-corrected chi connectivity index (χ3v) is 5.94. The molecule has 0 aliphatic carbocycles. The van der Waals surface area contributed by atoms with Crippen molar-refractivity contribution in [3.8, 4) is 11.8 Å². The van der Waals surface area contributed by atoms with Crippen molar-refractivity contribution in [3.05, 3.63) is 36.0 Å². The van der Waals surface area contributed by atoms with Gasteiger partial charge in [0.05, 0.1) is 30.2 Å². The molecule has 1 aromatic heterocycles. The van der Waals surface area contributed by atoms with Crippen LogP contribution in [0.3, 0.4) is 0 Å². The minimum atomic E-state index is -4.46. The second-order valence-corrected chi connectivity index (χ2v) is 8.16. The van der Waals surface area contributed by atoms with Gasteiger partial charge in [0.2, 0.25) is 5.91 Å². The van der Waals surface area contributed by atoms with Crippen LogP contribution in [0, 0.1) is 11.3 Å². The van der Waals surface area contributed by atoms with Gasteiger partial charge in [0.15, 0.2) is 0 Å². The maximum atomic E-state index is 13.6. The van der Waals surface area contributed by atoms with E-state index in [1.807, 2.05) is 11.0 Å². The Morgan fingerprint density at radius 2 is 2.00 bits per heavy atom. The van der Waals surface area contributed by atoms with E-state index in [1.54, 1.807) is 6.07 Å². The largest absolute Gasteiger partial charge is 0.490 e. The van der Waals surface area contributed by atoms with Gasteiger partial charge in [0.1, 0.15) is 24.1 Å². The molecular formula is C22H22F4N4O2. The molecule has 1 amide bonds. The summed E-state index contributed by atoms with van der Waals surface area (Å²) in [6, 6.07) is 6.18. The zero-order valence-electron chi connectivity index (χ0n) is 17.2. The first-order valence-electron chi connectivity index (χ1n) is 10.4. The van der Waals surface area contributed by atoms with E-state index >= 15 is 0 Å². The Balaban J connectivity index is 1.37. The van der Waals surface area contributed by atoms with Gasteiger partial charge < -0.3 is 9.64 Å². The first-order valence-corrected chi connectivity index (χ1v) is 10.4. The number of alkyl halides is 4. The zero-order chi connectivity index (χ0) is 22.9. The molecule has 0 bridgehead atoms. The molecule has 2 aliphatic heterocycles. The first kappa shape index (κ1) is 22.3. The summed E-state index contributed by atoms with van der Waals surface area (Å²) >= 11 is 0. The van der Waals surface area contributed by atoms with Crippen molar-refractivity contribution in [1.82, 2.24) is 14.8 Å². The fourth-order valence-electron chi connectivity index (χ4n) is 4.23. The highest BCUT2D eigenvalue weighted by atomic mass is 19.4. The molecule has 2 fully saturated rings. The number of hydrogen-bond acceptors (Lipinski definition) is 5. The van der Waals surface area contributed by atoms with Gasteiger partial charge in [-0.2, -0.15) is 18.4 Å². The number of carbonyl (C=O) groups is 1. The molecule has 3 heterocycles. The van der Waals surface area contributed by atoms with Gasteiger partial charge in [-0.1, -0.05) is 0 Å². The smallest absolute Gasteiger partial charge is 0.416 e. The molecule has 2 aliphatic rings. The number of nitrogens with zero attached hydrogens (tertiary/aromatic N) is 4. The van der Waals surface area contributed by atoms with E-state index in [4.69, 9.17) is 10.00 Å². The lowest BCUT2D eigenvalue weighted by Crippen LogP contribution is -2.46. The van der Waals surface area contributed by atoms with E-state index in [1.165, 1.54) is 17.2 Å². The van der Waals surface area contributed by atoms with Crippen molar-refractivity contribution in [2.75, 3.05) is 26.2 Å². The third kappa shape index (κ3) is 4.78. The maximum Gasteiger partial charge on any atom is 0.416 e. The van der Waals surface area contributed by atoms with Crippen LogP contribution in [0.25, 0.3) is 10.9 Å². The fourth-order valence-corrected chi connectivity index (χ4v) is 4.23. The number of amides is 1. The van der Waals surface area contributed by atoms with Gasteiger partial charge >= 0.3 is 6.18 Å². The molecule has 170 valence electrons. The summed E-state index contributed by atoms with van der Waals surface area (Å²) in [5.41, 5.74) is -0.341. The molecule has 0 unspecified atom stereocenters.